The Hall–Kier alpha value is -0.590. The van der Waals surface area contributed by atoms with Crippen molar-refractivity contribution in [1.29, 1.82) is 0 Å². The van der Waals surface area contributed by atoms with Crippen LogP contribution in [0.3, 0.4) is 0 Å². The molecule has 1 amide bonds. The molecule has 0 N–H and O–H groups in total. The predicted octanol–water partition coefficient (Wildman–Crippen LogP) is 1.26. The average molecular weight is 305 g/mol. The zero-order valence-corrected chi connectivity index (χ0v) is 10.2. The van der Waals surface area contributed by atoms with Gasteiger partial charge in [0.1, 0.15) is 0 Å². The van der Waals surface area contributed by atoms with Gasteiger partial charge in [0, 0.05) is 26.3 Å². The third kappa shape index (κ3) is 1.77. The molecule has 1 aliphatic rings. The number of nitrogens with zero attached hydrogens (tertiary/aromatic N) is 3. The molecule has 0 atom stereocenters. The molecule has 1 aromatic heterocycles. The number of likely N-dealkylation sites (tertiary alicyclic amines) is 1. The van der Waals surface area contributed by atoms with Crippen LogP contribution in [0.1, 0.15) is 23.3 Å². The number of aryl methyl sites for hydroxylation is 1. The van der Waals surface area contributed by atoms with Crippen LogP contribution in [0.25, 0.3) is 0 Å². The summed E-state index contributed by atoms with van der Waals surface area (Å²) in [5.41, 5.74) is 0.593. The molecule has 1 aromatic rings. The second-order valence-corrected chi connectivity index (χ2v) is 4.66. The fraction of sp³-hybridized carbons (Fsp3) is 0.556. The first-order valence-electron chi connectivity index (χ1n) is 4.67. The second kappa shape index (κ2) is 3.88. The fourth-order valence-corrected chi connectivity index (χ4v) is 2.42. The van der Waals surface area contributed by atoms with Crippen LogP contribution < -0.4 is 0 Å². The first kappa shape index (κ1) is 9.95. The lowest BCUT2D eigenvalue weighted by Gasteiger charge is -2.13. The van der Waals surface area contributed by atoms with Crippen molar-refractivity contribution in [3.05, 3.63) is 15.5 Å². The molecular weight excluding hydrogens is 293 g/mol. The Bertz CT molecular complexity index is 355. The van der Waals surface area contributed by atoms with Gasteiger partial charge in [-0.25, -0.2) is 0 Å². The first-order chi connectivity index (χ1) is 6.68. The van der Waals surface area contributed by atoms with Crippen molar-refractivity contribution >= 4 is 28.5 Å². The molecule has 0 radical (unpaired) electrons. The van der Waals surface area contributed by atoms with Crippen molar-refractivity contribution in [2.75, 3.05) is 13.1 Å². The van der Waals surface area contributed by atoms with Gasteiger partial charge in [0.2, 0.25) is 0 Å². The second-order valence-electron chi connectivity index (χ2n) is 3.50. The first-order valence-corrected chi connectivity index (χ1v) is 5.75. The third-order valence-electron chi connectivity index (χ3n) is 2.38. The maximum absolute atomic E-state index is 11.9. The Morgan fingerprint density at radius 2 is 2.14 bits per heavy atom. The van der Waals surface area contributed by atoms with E-state index in [-0.39, 0.29) is 5.91 Å². The lowest BCUT2D eigenvalue weighted by molar-refractivity contribution is 0.0785. The Morgan fingerprint density at radius 1 is 1.50 bits per heavy atom. The van der Waals surface area contributed by atoms with E-state index in [0.29, 0.717) is 5.69 Å². The normalized spacial score (nSPS) is 16.3. The third-order valence-corrected chi connectivity index (χ3v) is 3.17. The van der Waals surface area contributed by atoms with Crippen LogP contribution in [0, 0.1) is 3.57 Å². The molecule has 5 heteroatoms. The lowest BCUT2D eigenvalue weighted by Crippen LogP contribution is -2.28. The summed E-state index contributed by atoms with van der Waals surface area (Å²) in [4.78, 5) is 13.8. The molecule has 0 bridgehead atoms. The van der Waals surface area contributed by atoms with Gasteiger partial charge in [-0.3, -0.25) is 9.48 Å². The predicted molar refractivity (Wildman–Crippen MR) is 61.1 cm³/mol. The molecular formula is C9H12IN3O. The van der Waals surface area contributed by atoms with E-state index < -0.39 is 0 Å². The van der Waals surface area contributed by atoms with Gasteiger partial charge in [-0.1, -0.05) is 0 Å². The summed E-state index contributed by atoms with van der Waals surface area (Å²) in [5, 5.41) is 4.17. The van der Waals surface area contributed by atoms with E-state index in [1.165, 1.54) is 0 Å². The Morgan fingerprint density at radius 3 is 2.64 bits per heavy atom. The molecule has 0 aliphatic carbocycles. The summed E-state index contributed by atoms with van der Waals surface area (Å²) in [6.45, 7) is 1.76. The van der Waals surface area contributed by atoms with Gasteiger partial charge in [-0.2, -0.15) is 5.10 Å². The summed E-state index contributed by atoms with van der Waals surface area (Å²) in [7, 11) is 1.84. The molecule has 0 saturated carbocycles. The molecule has 76 valence electrons. The van der Waals surface area contributed by atoms with Gasteiger partial charge in [0.15, 0.2) is 5.69 Å². The number of halogens is 1. The topological polar surface area (TPSA) is 38.1 Å². The van der Waals surface area contributed by atoms with Crippen molar-refractivity contribution in [1.82, 2.24) is 14.7 Å². The van der Waals surface area contributed by atoms with Crippen molar-refractivity contribution < 1.29 is 4.79 Å². The highest BCUT2D eigenvalue weighted by molar-refractivity contribution is 14.1. The van der Waals surface area contributed by atoms with Crippen molar-refractivity contribution in [2.24, 2.45) is 7.05 Å². The number of rotatable bonds is 1. The maximum atomic E-state index is 11.9. The van der Waals surface area contributed by atoms with Gasteiger partial charge >= 0.3 is 0 Å². The number of hydrogen-bond acceptors (Lipinski definition) is 2. The van der Waals surface area contributed by atoms with E-state index in [1.54, 1.807) is 4.68 Å². The van der Waals surface area contributed by atoms with E-state index in [9.17, 15) is 4.79 Å². The van der Waals surface area contributed by atoms with Gasteiger partial charge in [-0.15, -0.1) is 0 Å². The number of carbonyl (C=O) groups excluding carboxylic acids is 1. The fourth-order valence-electron chi connectivity index (χ4n) is 1.67. The molecule has 2 rings (SSSR count). The van der Waals surface area contributed by atoms with Crippen LogP contribution in [0.15, 0.2) is 6.20 Å². The van der Waals surface area contributed by atoms with E-state index in [2.05, 4.69) is 27.7 Å². The van der Waals surface area contributed by atoms with Crippen LogP contribution in [-0.2, 0) is 7.05 Å². The van der Waals surface area contributed by atoms with Crippen LogP contribution in [-0.4, -0.2) is 33.7 Å². The maximum Gasteiger partial charge on any atom is 0.275 e. The van der Waals surface area contributed by atoms with Gasteiger partial charge in [0.05, 0.1) is 3.57 Å². The summed E-state index contributed by atoms with van der Waals surface area (Å²) < 4.78 is 2.62. The summed E-state index contributed by atoms with van der Waals surface area (Å²) in [6, 6.07) is 0. The SMILES string of the molecule is Cn1cc(I)c(C(=O)N2CCCC2)n1. The molecule has 1 saturated heterocycles. The minimum absolute atomic E-state index is 0.0764. The monoisotopic (exact) mass is 305 g/mol. The van der Waals surface area contributed by atoms with Gasteiger partial charge in [0.25, 0.3) is 5.91 Å². The zero-order valence-electron chi connectivity index (χ0n) is 8.03. The number of amides is 1. The minimum Gasteiger partial charge on any atom is -0.337 e. The Balaban J connectivity index is 2.21. The molecule has 1 fully saturated rings. The van der Waals surface area contributed by atoms with Gasteiger partial charge < -0.3 is 4.90 Å². The standard InChI is InChI=1S/C9H12IN3O/c1-12-6-7(10)8(11-12)9(14)13-4-2-3-5-13/h6H,2-5H2,1H3. The van der Waals surface area contributed by atoms with E-state index in [4.69, 9.17) is 0 Å². The average Bonchev–Trinajstić information content (AvgIpc) is 2.73. The number of hydrogen-bond donors (Lipinski definition) is 0. The van der Waals surface area contributed by atoms with E-state index >= 15 is 0 Å². The van der Waals surface area contributed by atoms with Crippen molar-refractivity contribution in [3.63, 3.8) is 0 Å². The van der Waals surface area contributed by atoms with Gasteiger partial charge in [-0.05, 0) is 35.4 Å². The lowest BCUT2D eigenvalue weighted by atomic mass is 10.4. The quantitative estimate of drug-likeness (QED) is 0.733. The zero-order chi connectivity index (χ0) is 10.1. The highest BCUT2D eigenvalue weighted by atomic mass is 127. The molecule has 0 spiro atoms. The Labute approximate surface area is 96.4 Å². The van der Waals surface area contributed by atoms with Crippen LogP contribution in [0.2, 0.25) is 0 Å². The summed E-state index contributed by atoms with van der Waals surface area (Å²) in [6.07, 6.45) is 4.11. The van der Waals surface area contributed by atoms with Crippen LogP contribution in [0.5, 0.6) is 0 Å². The Kier molecular flexibility index (Phi) is 2.76. The van der Waals surface area contributed by atoms with E-state index in [0.717, 1.165) is 29.5 Å². The van der Waals surface area contributed by atoms with E-state index in [1.807, 2.05) is 18.1 Å². The molecule has 4 nitrogen and oxygen atoms in total. The smallest absolute Gasteiger partial charge is 0.275 e. The molecule has 14 heavy (non-hydrogen) atoms. The highest BCUT2D eigenvalue weighted by Crippen LogP contribution is 2.15. The largest absolute Gasteiger partial charge is 0.337 e. The summed E-state index contributed by atoms with van der Waals surface area (Å²) >= 11 is 2.15. The molecule has 1 aliphatic heterocycles. The van der Waals surface area contributed by atoms with Crippen molar-refractivity contribution in [3.8, 4) is 0 Å². The number of carbonyl (C=O) groups is 1. The van der Waals surface area contributed by atoms with Crippen molar-refractivity contribution in [2.45, 2.75) is 12.8 Å². The summed E-state index contributed by atoms with van der Waals surface area (Å²) in [5.74, 6) is 0.0764. The minimum atomic E-state index is 0.0764. The molecule has 2 heterocycles. The van der Waals surface area contributed by atoms with Crippen LogP contribution in [0.4, 0.5) is 0 Å². The van der Waals surface area contributed by atoms with Crippen LogP contribution >= 0.6 is 22.6 Å². The highest BCUT2D eigenvalue weighted by Gasteiger charge is 2.23. The molecule has 0 unspecified atom stereocenters. The molecule has 0 aromatic carbocycles. The number of aromatic nitrogens is 2.